The standard InChI is InChI=1S/C20H12Cl2N2O3/c1-11-16(18(24-27-11)12-6-3-2-4-7-12)19-23-15(20(25)26-19)10-13-8-5-9-14(21)17(13)22/h2-10H,1H3/b15-10-. The number of ether oxygens (including phenoxy) is 1. The maximum absolute atomic E-state index is 12.3. The second kappa shape index (κ2) is 7.02. The summed E-state index contributed by atoms with van der Waals surface area (Å²) in [6, 6.07) is 14.6. The number of carbonyl (C=O) groups is 1. The molecule has 0 bridgehead atoms. The molecule has 0 atom stereocenters. The Bertz CT molecular complexity index is 1100. The van der Waals surface area contributed by atoms with Gasteiger partial charge in [0.15, 0.2) is 5.70 Å². The monoisotopic (exact) mass is 398 g/mol. The number of benzene rings is 2. The lowest BCUT2D eigenvalue weighted by molar-refractivity contribution is -0.129. The highest BCUT2D eigenvalue weighted by Gasteiger charge is 2.30. The van der Waals surface area contributed by atoms with Crippen molar-refractivity contribution >= 4 is 41.1 Å². The van der Waals surface area contributed by atoms with Crippen molar-refractivity contribution in [2.75, 3.05) is 0 Å². The molecule has 3 aromatic rings. The number of halogens is 2. The fourth-order valence-corrected chi connectivity index (χ4v) is 3.07. The fourth-order valence-electron chi connectivity index (χ4n) is 2.71. The Hall–Kier alpha value is -2.89. The first-order chi connectivity index (χ1) is 13.0. The van der Waals surface area contributed by atoms with Gasteiger partial charge in [0.1, 0.15) is 17.0 Å². The van der Waals surface area contributed by atoms with E-state index in [2.05, 4.69) is 10.1 Å². The van der Waals surface area contributed by atoms with Crippen LogP contribution in [-0.4, -0.2) is 17.0 Å². The third kappa shape index (κ3) is 3.27. The minimum Gasteiger partial charge on any atom is -0.402 e. The number of aliphatic imine (C=N–C) groups is 1. The maximum atomic E-state index is 12.3. The summed E-state index contributed by atoms with van der Waals surface area (Å²) in [5.74, 6) is 0.0603. The number of carbonyl (C=O) groups excluding carboxylic acids is 1. The van der Waals surface area contributed by atoms with Gasteiger partial charge in [0, 0.05) is 5.56 Å². The molecule has 27 heavy (non-hydrogen) atoms. The third-order valence-corrected chi connectivity index (χ3v) is 4.85. The highest BCUT2D eigenvalue weighted by atomic mass is 35.5. The molecule has 7 heteroatoms. The van der Waals surface area contributed by atoms with E-state index in [1.807, 2.05) is 30.3 Å². The average molecular weight is 399 g/mol. The number of cyclic esters (lactones) is 1. The lowest BCUT2D eigenvalue weighted by Crippen LogP contribution is -2.07. The molecule has 1 aliphatic rings. The molecule has 0 aliphatic carbocycles. The summed E-state index contributed by atoms with van der Waals surface area (Å²) in [6.45, 7) is 1.74. The number of esters is 1. The van der Waals surface area contributed by atoms with Crippen LogP contribution in [-0.2, 0) is 9.53 Å². The molecular weight excluding hydrogens is 387 g/mol. The Morgan fingerprint density at radius 3 is 2.59 bits per heavy atom. The normalized spacial score (nSPS) is 15.1. The lowest BCUT2D eigenvalue weighted by atomic mass is 10.1. The molecule has 2 heterocycles. The molecule has 0 N–H and O–H groups in total. The Morgan fingerprint density at radius 2 is 1.81 bits per heavy atom. The van der Waals surface area contributed by atoms with Gasteiger partial charge in [-0.3, -0.25) is 0 Å². The van der Waals surface area contributed by atoms with Crippen LogP contribution in [0.4, 0.5) is 0 Å². The summed E-state index contributed by atoms with van der Waals surface area (Å²) in [4.78, 5) is 16.6. The first-order valence-electron chi connectivity index (χ1n) is 8.03. The van der Waals surface area contributed by atoms with Crippen LogP contribution in [0.5, 0.6) is 0 Å². The molecule has 0 unspecified atom stereocenters. The molecule has 4 rings (SSSR count). The van der Waals surface area contributed by atoms with E-state index >= 15 is 0 Å². The SMILES string of the molecule is Cc1onc(-c2ccccc2)c1C1=N/C(=C\c2cccc(Cl)c2Cl)C(=O)O1. The van der Waals surface area contributed by atoms with Crippen LogP contribution in [0.15, 0.2) is 63.7 Å². The summed E-state index contributed by atoms with van der Waals surface area (Å²) < 4.78 is 10.7. The molecule has 1 aromatic heterocycles. The van der Waals surface area contributed by atoms with Crippen LogP contribution in [0.2, 0.25) is 10.0 Å². The molecule has 134 valence electrons. The van der Waals surface area contributed by atoms with E-state index < -0.39 is 5.97 Å². The molecule has 0 saturated carbocycles. The minimum absolute atomic E-state index is 0.119. The number of hydrogen-bond donors (Lipinski definition) is 0. The summed E-state index contributed by atoms with van der Waals surface area (Å²) in [5.41, 5.74) is 2.62. The number of rotatable bonds is 3. The quantitative estimate of drug-likeness (QED) is 0.443. The zero-order valence-corrected chi connectivity index (χ0v) is 15.6. The van der Waals surface area contributed by atoms with Crippen molar-refractivity contribution in [3.05, 3.63) is 81.2 Å². The molecule has 0 spiro atoms. The summed E-state index contributed by atoms with van der Waals surface area (Å²) in [6.07, 6.45) is 1.54. The van der Waals surface area contributed by atoms with E-state index in [0.29, 0.717) is 32.6 Å². The van der Waals surface area contributed by atoms with Gasteiger partial charge in [0.05, 0.1) is 10.0 Å². The van der Waals surface area contributed by atoms with Crippen LogP contribution in [0.1, 0.15) is 16.9 Å². The Kier molecular flexibility index (Phi) is 4.56. The zero-order chi connectivity index (χ0) is 19.0. The molecule has 2 aromatic carbocycles. The number of aryl methyl sites for hydroxylation is 1. The van der Waals surface area contributed by atoms with Gasteiger partial charge < -0.3 is 9.26 Å². The van der Waals surface area contributed by atoms with Gasteiger partial charge >= 0.3 is 5.97 Å². The van der Waals surface area contributed by atoms with Crippen LogP contribution in [0.25, 0.3) is 17.3 Å². The average Bonchev–Trinajstić information content (AvgIpc) is 3.22. The zero-order valence-electron chi connectivity index (χ0n) is 14.1. The summed E-state index contributed by atoms with van der Waals surface area (Å²) in [5, 5.41) is 4.82. The third-order valence-electron chi connectivity index (χ3n) is 4.02. The van der Waals surface area contributed by atoms with E-state index in [1.165, 1.54) is 6.08 Å². The highest BCUT2D eigenvalue weighted by Crippen LogP contribution is 2.31. The smallest absolute Gasteiger partial charge is 0.363 e. The minimum atomic E-state index is -0.583. The van der Waals surface area contributed by atoms with Gasteiger partial charge in [-0.25, -0.2) is 9.79 Å². The van der Waals surface area contributed by atoms with E-state index in [4.69, 9.17) is 32.5 Å². The van der Waals surface area contributed by atoms with E-state index in [0.717, 1.165) is 5.56 Å². The second-order valence-corrected chi connectivity index (χ2v) is 6.59. The van der Waals surface area contributed by atoms with Gasteiger partial charge in [-0.15, -0.1) is 0 Å². The largest absolute Gasteiger partial charge is 0.402 e. The maximum Gasteiger partial charge on any atom is 0.363 e. The van der Waals surface area contributed by atoms with Crippen LogP contribution < -0.4 is 0 Å². The van der Waals surface area contributed by atoms with Crippen molar-refractivity contribution in [3.63, 3.8) is 0 Å². The van der Waals surface area contributed by atoms with Gasteiger partial charge in [0.2, 0.25) is 5.90 Å². The Balaban J connectivity index is 1.78. The Labute approximate surface area is 164 Å². The molecule has 0 radical (unpaired) electrons. The van der Waals surface area contributed by atoms with Crippen molar-refractivity contribution in [2.45, 2.75) is 6.92 Å². The molecular formula is C20H12Cl2N2O3. The molecule has 5 nitrogen and oxygen atoms in total. The van der Waals surface area contributed by atoms with Gasteiger partial charge in [-0.05, 0) is 24.6 Å². The Morgan fingerprint density at radius 1 is 1.04 bits per heavy atom. The molecule has 0 fully saturated rings. The number of aromatic nitrogens is 1. The van der Waals surface area contributed by atoms with Gasteiger partial charge in [-0.1, -0.05) is 70.8 Å². The molecule has 0 amide bonds. The number of hydrogen-bond acceptors (Lipinski definition) is 5. The predicted molar refractivity (Wildman–Crippen MR) is 104 cm³/mol. The van der Waals surface area contributed by atoms with Crippen molar-refractivity contribution in [1.29, 1.82) is 0 Å². The van der Waals surface area contributed by atoms with Crippen molar-refractivity contribution in [3.8, 4) is 11.3 Å². The predicted octanol–water partition coefficient (Wildman–Crippen LogP) is 5.30. The fraction of sp³-hybridized carbons (Fsp3) is 0.0500. The van der Waals surface area contributed by atoms with Crippen molar-refractivity contribution in [2.24, 2.45) is 4.99 Å². The highest BCUT2D eigenvalue weighted by molar-refractivity contribution is 6.43. The van der Waals surface area contributed by atoms with E-state index in [9.17, 15) is 4.79 Å². The van der Waals surface area contributed by atoms with E-state index in [1.54, 1.807) is 25.1 Å². The first-order valence-corrected chi connectivity index (χ1v) is 8.79. The lowest BCUT2D eigenvalue weighted by Gasteiger charge is -2.01. The van der Waals surface area contributed by atoms with Crippen LogP contribution >= 0.6 is 23.2 Å². The van der Waals surface area contributed by atoms with Gasteiger partial charge in [0.25, 0.3) is 0 Å². The van der Waals surface area contributed by atoms with E-state index in [-0.39, 0.29) is 11.6 Å². The van der Waals surface area contributed by atoms with Crippen molar-refractivity contribution in [1.82, 2.24) is 5.16 Å². The summed E-state index contributed by atoms with van der Waals surface area (Å²) >= 11 is 12.2. The topological polar surface area (TPSA) is 64.7 Å². The van der Waals surface area contributed by atoms with Gasteiger partial charge in [-0.2, -0.15) is 0 Å². The van der Waals surface area contributed by atoms with Crippen LogP contribution in [0, 0.1) is 6.92 Å². The molecule has 1 aliphatic heterocycles. The number of nitrogens with zero attached hydrogens (tertiary/aromatic N) is 2. The first kappa shape index (κ1) is 17.5. The summed E-state index contributed by atoms with van der Waals surface area (Å²) in [7, 11) is 0. The molecule has 0 saturated heterocycles. The van der Waals surface area contributed by atoms with Crippen LogP contribution in [0.3, 0.4) is 0 Å². The second-order valence-electron chi connectivity index (χ2n) is 5.81. The van der Waals surface area contributed by atoms with Crippen molar-refractivity contribution < 1.29 is 14.1 Å².